The van der Waals surface area contributed by atoms with Gasteiger partial charge in [0.25, 0.3) is 5.91 Å². The molecule has 1 aliphatic heterocycles. The summed E-state index contributed by atoms with van der Waals surface area (Å²) < 4.78 is 1.81. The van der Waals surface area contributed by atoms with Gasteiger partial charge in [-0.1, -0.05) is 12.1 Å². The van der Waals surface area contributed by atoms with Gasteiger partial charge >= 0.3 is 6.03 Å². The molecule has 7 heteroatoms. The minimum Gasteiger partial charge on any atom is -0.322 e. The number of rotatable bonds is 3. The average Bonchev–Trinajstić information content (AvgIpc) is 3.12. The van der Waals surface area contributed by atoms with Crippen LogP contribution in [0.25, 0.3) is 5.52 Å². The number of nitrogens with one attached hydrogen (secondary N) is 1. The van der Waals surface area contributed by atoms with Crippen molar-refractivity contribution in [3.63, 3.8) is 0 Å². The molecule has 0 spiro atoms. The third kappa shape index (κ3) is 2.24. The zero-order valence-electron chi connectivity index (χ0n) is 14.0. The van der Waals surface area contributed by atoms with Gasteiger partial charge < -0.3 is 9.72 Å². The van der Waals surface area contributed by atoms with E-state index in [1.807, 2.05) is 28.8 Å². The summed E-state index contributed by atoms with van der Waals surface area (Å²) in [5.74, 6) is -0.389. The monoisotopic (exact) mass is 345 g/mol. The summed E-state index contributed by atoms with van der Waals surface area (Å²) in [6.45, 7) is 1.66. The third-order valence-electron chi connectivity index (χ3n) is 4.65. The van der Waals surface area contributed by atoms with E-state index in [4.69, 9.17) is 0 Å². The van der Waals surface area contributed by atoms with Gasteiger partial charge in [0.2, 0.25) is 0 Å². The maximum atomic E-state index is 13.0. The lowest BCUT2D eigenvalue weighted by atomic mass is 9.97. The van der Waals surface area contributed by atoms with Gasteiger partial charge in [0.05, 0.1) is 23.3 Å². The number of imide groups is 1. The SMILES string of the molecule is C[C@]1(c2ccccn2)NC(=O)N(Cc2cn3ccccc3c2C#N)C1=O. The van der Waals surface area contributed by atoms with Crippen LogP contribution in [0, 0.1) is 11.3 Å². The highest BCUT2D eigenvalue weighted by Gasteiger charge is 2.50. The van der Waals surface area contributed by atoms with Crippen LogP contribution < -0.4 is 5.32 Å². The Bertz CT molecular complexity index is 1070. The Balaban J connectivity index is 1.71. The minimum atomic E-state index is -1.22. The van der Waals surface area contributed by atoms with Crippen molar-refractivity contribution >= 4 is 17.5 Å². The average molecular weight is 345 g/mol. The number of pyridine rings is 2. The summed E-state index contributed by atoms with van der Waals surface area (Å²) in [7, 11) is 0. The van der Waals surface area contributed by atoms with Gasteiger partial charge in [-0.25, -0.2) is 4.79 Å². The molecule has 3 aromatic heterocycles. The van der Waals surface area contributed by atoms with Crippen LogP contribution >= 0.6 is 0 Å². The zero-order chi connectivity index (χ0) is 18.3. The number of nitriles is 1. The standard InChI is InChI=1S/C19H15N5O2/c1-19(16-7-2-4-8-21-16)17(25)24(18(26)22-19)12-13-11-23-9-5-3-6-15(23)14(13)10-20/h2-9,11H,12H2,1H3,(H,22,26)/t19-/m1/s1. The van der Waals surface area contributed by atoms with E-state index in [0.29, 0.717) is 16.8 Å². The van der Waals surface area contributed by atoms with Gasteiger partial charge in [-0.15, -0.1) is 0 Å². The Labute approximate surface area is 149 Å². The number of amides is 3. The fourth-order valence-corrected chi connectivity index (χ4v) is 3.27. The maximum Gasteiger partial charge on any atom is 0.325 e. The number of carbonyl (C=O) groups excluding carboxylic acids is 2. The Hall–Kier alpha value is -3.66. The number of aromatic nitrogens is 2. The van der Waals surface area contributed by atoms with Crippen molar-refractivity contribution in [2.45, 2.75) is 19.0 Å². The molecule has 1 N–H and O–H groups in total. The van der Waals surface area contributed by atoms with Crippen molar-refractivity contribution in [3.8, 4) is 6.07 Å². The maximum absolute atomic E-state index is 13.0. The number of hydrogen-bond acceptors (Lipinski definition) is 4. The van der Waals surface area contributed by atoms with Crippen LogP contribution in [-0.4, -0.2) is 26.2 Å². The summed E-state index contributed by atoms with van der Waals surface area (Å²) in [6, 6.07) is 12.4. The molecule has 0 bridgehead atoms. The fraction of sp³-hybridized carbons (Fsp3) is 0.158. The van der Waals surface area contributed by atoms with Crippen molar-refractivity contribution < 1.29 is 9.59 Å². The molecule has 1 aliphatic rings. The van der Waals surface area contributed by atoms with Crippen molar-refractivity contribution in [2.75, 3.05) is 0 Å². The van der Waals surface area contributed by atoms with Crippen LogP contribution in [0.3, 0.4) is 0 Å². The summed E-state index contributed by atoms with van der Waals surface area (Å²) in [5, 5.41) is 12.2. The molecule has 0 radical (unpaired) electrons. The fourth-order valence-electron chi connectivity index (χ4n) is 3.27. The lowest BCUT2D eigenvalue weighted by Crippen LogP contribution is -2.41. The van der Waals surface area contributed by atoms with Gasteiger partial charge in [-0.05, 0) is 31.2 Å². The predicted molar refractivity (Wildman–Crippen MR) is 92.8 cm³/mol. The predicted octanol–water partition coefficient (Wildman–Crippen LogP) is 2.17. The molecule has 3 aromatic rings. The second-order valence-corrected chi connectivity index (χ2v) is 6.30. The van der Waals surface area contributed by atoms with E-state index >= 15 is 0 Å². The van der Waals surface area contributed by atoms with Crippen molar-refractivity contribution in [2.24, 2.45) is 0 Å². The first-order valence-corrected chi connectivity index (χ1v) is 8.09. The Morgan fingerprint density at radius 1 is 1.23 bits per heavy atom. The molecule has 1 fully saturated rings. The first-order valence-electron chi connectivity index (χ1n) is 8.09. The molecule has 0 saturated carbocycles. The number of hydrogen-bond donors (Lipinski definition) is 1. The summed E-state index contributed by atoms with van der Waals surface area (Å²) in [5.41, 5.74) is 1.07. The third-order valence-corrected chi connectivity index (χ3v) is 4.65. The van der Waals surface area contributed by atoms with Crippen LogP contribution in [0.15, 0.2) is 55.0 Å². The van der Waals surface area contributed by atoms with Crippen LogP contribution in [0.2, 0.25) is 0 Å². The largest absolute Gasteiger partial charge is 0.325 e. The van der Waals surface area contributed by atoms with E-state index in [-0.39, 0.29) is 12.5 Å². The molecule has 0 aliphatic carbocycles. The molecular weight excluding hydrogens is 330 g/mol. The van der Waals surface area contributed by atoms with Crippen molar-refractivity contribution in [3.05, 3.63) is 71.8 Å². The normalized spacial score (nSPS) is 19.6. The molecule has 1 saturated heterocycles. The first-order chi connectivity index (χ1) is 12.5. The van der Waals surface area contributed by atoms with E-state index in [1.165, 1.54) is 0 Å². The van der Waals surface area contributed by atoms with Crippen LogP contribution in [0.4, 0.5) is 4.79 Å². The van der Waals surface area contributed by atoms with E-state index in [2.05, 4.69) is 16.4 Å². The Morgan fingerprint density at radius 2 is 2.04 bits per heavy atom. The van der Waals surface area contributed by atoms with Gasteiger partial charge in [0, 0.05) is 24.2 Å². The molecule has 128 valence electrons. The van der Waals surface area contributed by atoms with E-state index in [1.54, 1.807) is 37.5 Å². The molecule has 7 nitrogen and oxygen atoms in total. The molecule has 4 heterocycles. The van der Waals surface area contributed by atoms with Gasteiger partial charge in [0.1, 0.15) is 6.07 Å². The molecule has 0 unspecified atom stereocenters. The van der Waals surface area contributed by atoms with E-state index in [9.17, 15) is 14.9 Å². The highest BCUT2D eigenvalue weighted by atomic mass is 16.2. The zero-order valence-corrected chi connectivity index (χ0v) is 14.0. The quantitative estimate of drug-likeness (QED) is 0.737. The van der Waals surface area contributed by atoms with Crippen molar-refractivity contribution in [1.82, 2.24) is 19.6 Å². The van der Waals surface area contributed by atoms with Crippen molar-refractivity contribution in [1.29, 1.82) is 5.26 Å². The number of nitrogens with zero attached hydrogens (tertiary/aromatic N) is 4. The van der Waals surface area contributed by atoms with Crippen LogP contribution in [-0.2, 0) is 16.9 Å². The number of fused-ring (bicyclic) bond motifs is 1. The molecule has 0 aromatic carbocycles. The van der Waals surface area contributed by atoms with E-state index < -0.39 is 11.6 Å². The van der Waals surface area contributed by atoms with Gasteiger partial charge in [-0.3, -0.25) is 14.7 Å². The second-order valence-electron chi connectivity index (χ2n) is 6.30. The highest BCUT2D eigenvalue weighted by Crippen LogP contribution is 2.29. The highest BCUT2D eigenvalue weighted by molar-refractivity contribution is 6.07. The second kappa shape index (κ2) is 5.70. The summed E-state index contributed by atoms with van der Waals surface area (Å²) >= 11 is 0. The van der Waals surface area contributed by atoms with Gasteiger partial charge in [0.15, 0.2) is 5.54 Å². The lowest BCUT2D eigenvalue weighted by molar-refractivity contribution is -0.131. The Morgan fingerprint density at radius 3 is 2.77 bits per heavy atom. The molecule has 3 amide bonds. The summed E-state index contributed by atoms with van der Waals surface area (Å²) in [6.07, 6.45) is 5.17. The lowest BCUT2D eigenvalue weighted by Gasteiger charge is -2.20. The topological polar surface area (TPSA) is 90.5 Å². The smallest absolute Gasteiger partial charge is 0.322 e. The summed E-state index contributed by atoms with van der Waals surface area (Å²) in [4.78, 5) is 30.8. The number of urea groups is 1. The molecule has 4 rings (SSSR count). The first kappa shape index (κ1) is 15.8. The van der Waals surface area contributed by atoms with Gasteiger partial charge in [-0.2, -0.15) is 5.26 Å². The van der Waals surface area contributed by atoms with Crippen LogP contribution in [0.1, 0.15) is 23.7 Å². The minimum absolute atomic E-state index is 0.0255. The van der Waals surface area contributed by atoms with Crippen LogP contribution in [0.5, 0.6) is 0 Å². The number of carbonyl (C=O) groups is 2. The molecule has 26 heavy (non-hydrogen) atoms. The molecule has 1 atom stereocenters. The Kier molecular flexibility index (Phi) is 3.48. The molecular formula is C19H15N5O2. The van der Waals surface area contributed by atoms with E-state index in [0.717, 1.165) is 10.4 Å².